The van der Waals surface area contributed by atoms with Crippen LogP contribution in [0.3, 0.4) is 0 Å². The predicted molar refractivity (Wildman–Crippen MR) is 39.8 cm³/mol. The summed E-state index contributed by atoms with van der Waals surface area (Å²) in [6, 6.07) is 0. The number of alkyl halides is 1. The minimum absolute atomic E-state index is 0.320. The number of carbonyl (C=O) groups excluding carboxylic acids is 1. The maximum absolute atomic E-state index is 12.5. The SMILES string of the molecule is CC(C)C(=O)[C@@H](O)[C@H](F)CN. The highest BCUT2D eigenvalue weighted by molar-refractivity contribution is 5.85. The van der Waals surface area contributed by atoms with E-state index in [4.69, 9.17) is 10.8 Å². The molecule has 4 heteroatoms. The molecule has 0 aliphatic carbocycles. The van der Waals surface area contributed by atoms with Gasteiger partial charge in [-0.15, -0.1) is 0 Å². The number of aliphatic hydroxyl groups excluding tert-OH is 1. The molecule has 0 unspecified atom stereocenters. The van der Waals surface area contributed by atoms with Gasteiger partial charge in [0.25, 0.3) is 0 Å². The highest BCUT2D eigenvalue weighted by atomic mass is 19.1. The van der Waals surface area contributed by atoms with Crippen LogP contribution >= 0.6 is 0 Å². The van der Waals surface area contributed by atoms with Gasteiger partial charge in [0, 0.05) is 12.5 Å². The van der Waals surface area contributed by atoms with Gasteiger partial charge in [0.15, 0.2) is 5.78 Å². The molecule has 0 radical (unpaired) electrons. The third kappa shape index (κ3) is 2.95. The summed E-state index contributed by atoms with van der Waals surface area (Å²) in [7, 11) is 0. The van der Waals surface area contributed by atoms with Crippen LogP contribution < -0.4 is 5.73 Å². The summed E-state index contributed by atoms with van der Waals surface area (Å²) in [4.78, 5) is 10.9. The lowest BCUT2D eigenvalue weighted by Crippen LogP contribution is -2.38. The van der Waals surface area contributed by atoms with E-state index >= 15 is 0 Å². The number of hydrogen-bond donors (Lipinski definition) is 2. The zero-order valence-corrected chi connectivity index (χ0v) is 6.75. The van der Waals surface area contributed by atoms with E-state index in [-0.39, 0.29) is 12.5 Å². The van der Waals surface area contributed by atoms with Gasteiger partial charge in [-0.25, -0.2) is 4.39 Å². The molecule has 2 atom stereocenters. The lowest BCUT2D eigenvalue weighted by molar-refractivity contribution is -0.133. The molecule has 0 saturated carbocycles. The number of aliphatic hydroxyl groups is 1. The standard InChI is InChI=1S/C7H14FNO2/c1-4(2)6(10)7(11)5(8)3-9/h4-5,7,11H,3,9H2,1-2H3/t5-,7+/m1/s1. The van der Waals surface area contributed by atoms with Crippen molar-refractivity contribution in [1.82, 2.24) is 0 Å². The van der Waals surface area contributed by atoms with Crippen molar-refractivity contribution in [3.8, 4) is 0 Å². The van der Waals surface area contributed by atoms with E-state index in [1.807, 2.05) is 0 Å². The summed E-state index contributed by atoms with van der Waals surface area (Å²) in [6.07, 6.45) is -3.19. The van der Waals surface area contributed by atoms with Gasteiger partial charge in [-0.1, -0.05) is 13.8 Å². The van der Waals surface area contributed by atoms with E-state index in [0.717, 1.165) is 0 Å². The van der Waals surface area contributed by atoms with Crippen LogP contribution in [0.15, 0.2) is 0 Å². The lowest BCUT2D eigenvalue weighted by Gasteiger charge is -2.14. The smallest absolute Gasteiger partial charge is 0.166 e. The fourth-order valence-corrected chi connectivity index (χ4v) is 0.649. The number of rotatable bonds is 4. The largest absolute Gasteiger partial charge is 0.382 e. The highest BCUT2D eigenvalue weighted by Crippen LogP contribution is 2.05. The molecule has 0 saturated heterocycles. The van der Waals surface area contributed by atoms with Crippen LogP contribution in [0.5, 0.6) is 0 Å². The molecule has 0 aliphatic heterocycles. The molecule has 0 fully saturated rings. The summed E-state index contributed by atoms with van der Waals surface area (Å²) in [5.41, 5.74) is 4.92. The molecule has 3 nitrogen and oxygen atoms in total. The first-order valence-electron chi connectivity index (χ1n) is 3.56. The fraction of sp³-hybridized carbons (Fsp3) is 0.857. The van der Waals surface area contributed by atoms with E-state index in [0.29, 0.717) is 0 Å². The molecule has 0 aromatic heterocycles. The Balaban J connectivity index is 4.02. The molecule has 0 heterocycles. The third-order valence-corrected chi connectivity index (χ3v) is 1.43. The van der Waals surface area contributed by atoms with E-state index in [9.17, 15) is 9.18 Å². The van der Waals surface area contributed by atoms with Crippen LogP contribution in [0.1, 0.15) is 13.8 Å². The Morgan fingerprint density at radius 2 is 2.09 bits per heavy atom. The van der Waals surface area contributed by atoms with Crippen LogP contribution in [0.2, 0.25) is 0 Å². The number of halogens is 1. The minimum atomic E-state index is -1.63. The van der Waals surface area contributed by atoms with Gasteiger partial charge >= 0.3 is 0 Å². The fourth-order valence-electron chi connectivity index (χ4n) is 0.649. The molecular weight excluding hydrogens is 149 g/mol. The summed E-state index contributed by atoms with van der Waals surface area (Å²) < 4.78 is 12.5. The number of Topliss-reactive ketones (excluding diaryl/α,β-unsaturated/α-hetero) is 1. The van der Waals surface area contributed by atoms with Crippen molar-refractivity contribution in [2.45, 2.75) is 26.1 Å². The molecular formula is C7H14FNO2. The van der Waals surface area contributed by atoms with Crippen molar-refractivity contribution in [3.05, 3.63) is 0 Å². The molecule has 0 aromatic carbocycles. The first-order chi connectivity index (χ1) is 5.00. The second kappa shape index (κ2) is 4.41. The van der Waals surface area contributed by atoms with Gasteiger partial charge in [-0.05, 0) is 0 Å². The van der Waals surface area contributed by atoms with Crippen LogP contribution in [-0.2, 0) is 4.79 Å². The Kier molecular flexibility index (Phi) is 4.22. The van der Waals surface area contributed by atoms with Crippen molar-refractivity contribution in [2.75, 3.05) is 6.54 Å². The molecule has 0 spiro atoms. The lowest BCUT2D eigenvalue weighted by atomic mass is 10.0. The maximum Gasteiger partial charge on any atom is 0.166 e. The van der Waals surface area contributed by atoms with Gasteiger partial charge in [-0.3, -0.25) is 4.79 Å². The molecule has 0 bridgehead atoms. The minimum Gasteiger partial charge on any atom is -0.382 e. The molecule has 0 aromatic rings. The van der Waals surface area contributed by atoms with Crippen molar-refractivity contribution in [2.24, 2.45) is 11.7 Å². The maximum atomic E-state index is 12.5. The Morgan fingerprint density at radius 3 is 2.36 bits per heavy atom. The van der Waals surface area contributed by atoms with Crippen LogP contribution in [0.4, 0.5) is 4.39 Å². The van der Waals surface area contributed by atoms with Gasteiger partial charge in [0.1, 0.15) is 12.3 Å². The summed E-state index contributed by atoms with van der Waals surface area (Å²) in [6.45, 7) is 2.89. The van der Waals surface area contributed by atoms with Gasteiger partial charge in [-0.2, -0.15) is 0 Å². The Hall–Kier alpha value is -0.480. The van der Waals surface area contributed by atoms with Crippen LogP contribution in [-0.4, -0.2) is 29.7 Å². The van der Waals surface area contributed by atoms with Gasteiger partial charge in [0.2, 0.25) is 0 Å². The van der Waals surface area contributed by atoms with Gasteiger partial charge < -0.3 is 10.8 Å². The van der Waals surface area contributed by atoms with E-state index in [2.05, 4.69) is 0 Å². The highest BCUT2D eigenvalue weighted by Gasteiger charge is 2.26. The summed E-state index contributed by atoms with van der Waals surface area (Å²) in [5, 5.41) is 8.95. The topological polar surface area (TPSA) is 63.3 Å². The van der Waals surface area contributed by atoms with E-state index < -0.39 is 18.1 Å². The average Bonchev–Trinajstić information content (AvgIpc) is 2.00. The van der Waals surface area contributed by atoms with Crippen LogP contribution in [0, 0.1) is 5.92 Å². The number of carbonyl (C=O) groups is 1. The van der Waals surface area contributed by atoms with Crippen molar-refractivity contribution >= 4 is 5.78 Å². The van der Waals surface area contributed by atoms with Crippen molar-refractivity contribution in [3.63, 3.8) is 0 Å². The zero-order chi connectivity index (χ0) is 9.02. The molecule has 0 aliphatic rings. The van der Waals surface area contributed by atoms with Gasteiger partial charge in [0.05, 0.1) is 0 Å². The van der Waals surface area contributed by atoms with Crippen molar-refractivity contribution < 1.29 is 14.3 Å². The summed E-state index contributed by atoms with van der Waals surface area (Å²) >= 11 is 0. The summed E-state index contributed by atoms with van der Waals surface area (Å²) in [5.74, 6) is -0.849. The first-order valence-corrected chi connectivity index (χ1v) is 3.56. The average molecular weight is 163 g/mol. The molecule has 3 N–H and O–H groups in total. The monoisotopic (exact) mass is 163 g/mol. The van der Waals surface area contributed by atoms with Crippen molar-refractivity contribution in [1.29, 1.82) is 0 Å². The number of ketones is 1. The predicted octanol–water partition coefficient (Wildman–Crippen LogP) is -0.131. The number of hydrogen-bond acceptors (Lipinski definition) is 3. The Morgan fingerprint density at radius 1 is 1.64 bits per heavy atom. The molecule has 11 heavy (non-hydrogen) atoms. The second-order valence-electron chi connectivity index (χ2n) is 2.75. The second-order valence-corrected chi connectivity index (χ2v) is 2.75. The molecule has 0 amide bonds. The third-order valence-electron chi connectivity index (χ3n) is 1.43. The Bertz CT molecular complexity index is 138. The van der Waals surface area contributed by atoms with Crippen LogP contribution in [0.25, 0.3) is 0 Å². The quantitative estimate of drug-likeness (QED) is 0.606. The molecule has 0 rings (SSSR count). The van der Waals surface area contributed by atoms with E-state index in [1.165, 1.54) is 0 Å². The van der Waals surface area contributed by atoms with E-state index in [1.54, 1.807) is 13.8 Å². The molecule has 66 valence electrons. The first kappa shape index (κ1) is 10.5. The Labute approximate surface area is 65.4 Å². The normalized spacial score (nSPS) is 16.5. The number of nitrogens with two attached hydrogens (primary N) is 1. The zero-order valence-electron chi connectivity index (χ0n) is 6.75.